The lowest BCUT2D eigenvalue weighted by Crippen LogP contribution is -2.26. The SMILES string of the molecule is O=C(NCC=Cc1cccc(O)c1F)OCC1c2ccccc2-c2ccccc21. The number of aromatic hydroxyl groups is 1. The summed E-state index contributed by atoms with van der Waals surface area (Å²) in [6, 6.07) is 20.7. The molecule has 4 nitrogen and oxygen atoms in total. The van der Waals surface area contributed by atoms with Gasteiger partial charge in [-0.3, -0.25) is 0 Å². The highest BCUT2D eigenvalue weighted by Crippen LogP contribution is 2.44. The Balaban J connectivity index is 1.34. The summed E-state index contributed by atoms with van der Waals surface area (Å²) in [7, 11) is 0. The molecular weight excluding hydrogens is 369 g/mol. The predicted molar refractivity (Wildman–Crippen MR) is 110 cm³/mol. The molecule has 3 aromatic carbocycles. The van der Waals surface area contributed by atoms with E-state index in [0.29, 0.717) is 0 Å². The topological polar surface area (TPSA) is 58.6 Å². The molecular formula is C24H20FNO3. The van der Waals surface area contributed by atoms with Crippen molar-refractivity contribution in [3.63, 3.8) is 0 Å². The first-order chi connectivity index (χ1) is 14.1. The molecule has 0 saturated carbocycles. The van der Waals surface area contributed by atoms with Crippen molar-refractivity contribution in [2.45, 2.75) is 5.92 Å². The number of phenols is 1. The Kier molecular flexibility index (Phi) is 5.29. The third-order valence-electron chi connectivity index (χ3n) is 5.01. The van der Waals surface area contributed by atoms with E-state index >= 15 is 0 Å². The number of fused-ring (bicyclic) bond motifs is 3. The third kappa shape index (κ3) is 3.85. The lowest BCUT2D eigenvalue weighted by Gasteiger charge is -2.14. The highest BCUT2D eigenvalue weighted by Gasteiger charge is 2.28. The molecule has 0 fully saturated rings. The van der Waals surface area contributed by atoms with E-state index < -0.39 is 17.7 Å². The van der Waals surface area contributed by atoms with Crippen LogP contribution in [-0.4, -0.2) is 24.4 Å². The van der Waals surface area contributed by atoms with Gasteiger partial charge in [-0.25, -0.2) is 9.18 Å². The van der Waals surface area contributed by atoms with E-state index in [4.69, 9.17) is 4.74 Å². The van der Waals surface area contributed by atoms with E-state index in [-0.39, 0.29) is 24.6 Å². The molecule has 0 bridgehead atoms. The number of benzene rings is 3. The van der Waals surface area contributed by atoms with E-state index in [1.165, 1.54) is 23.3 Å². The molecule has 1 amide bonds. The predicted octanol–water partition coefficient (Wildman–Crippen LogP) is 5.08. The molecule has 0 radical (unpaired) electrons. The highest BCUT2D eigenvalue weighted by atomic mass is 19.1. The monoisotopic (exact) mass is 389 g/mol. The number of nitrogens with one attached hydrogen (secondary N) is 1. The molecule has 2 N–H and O–H groups in total. The van der Waals surface area contributed by atoms with Gasteiger partial charge in [0.2, 0.25) is 0 Å². The van der Waals surface area contributed by atoms with E-state index in [2.05, 4.69) is 29.6 Å². The van der Waals surface area contributed by atoms with E-state index in [9.17, 15) is 14.3 Å². The van der Waals surface area contributed by atoms with Crippen molar-refractivity contribution in [1.29, 1.82) is 0 Å². The molecule has 0 aromatic heterocycles. The molecule has 146 valence electrons. The summed E-state index contributed by atoms with van der Waals surface area (Å²) >= 11 is 0. The van der Waals surface area contributed by atoms with Gasteiger partial charge in [-0.05, 0) is 28.3 Å². The molecule has 0 saturated heterocycles. The fraction of sp³-hybridized carbons (Fsp3) is 0.125. The van der Waals surface area contributed by atoms with Gasteiger partial charge in [0.15, 0.2) is 11.6 Å². The largest absolute Gasteiger partial charge is 0.505 e. The van der Waals surface area contributed by atoms with Gasteiger partial charge < -0.3 is 15.2 Å². The van der Waals surface area contributed by atoms with Crippen molar-refractivity contribution in [2.24, 2.45) is 0 Å². The number of carbonyl (C=O) groups excluding carboxylic acids is 1. The standard InChI is InChI=1S/C24H20FNO3/c25-23-16(7-5-13-22(23)27)8-6-14-26-24(28)29-15-21-19-11-3-1-9-17(19)18-10-2-4-12-20(18)21/h1-13,21,27H,14-15H2,(H,26,28). The number of alkyl carbamates (subject to hydrolysis) is 1. The van der Waals surface area contributed by atoms with Crippen molar-refractivity contribution in [1.82, 2.24) is 5.32 Å². The van der Waals surface area contributed by atoms with Gasteiger partial charge in [0.05, 0.1) is 0 Å². The Labute approximate surface area is 168 Å². The van der Waals surface area contributed by atoms with E-state index in [1.54, 1.807) is 18.2 Å². The molecule has 0 atom stereocenters. The molecule has 3 aromatic rings. The number of amides is 1. The number of halogens is 1. The van der Waals surface area contributed by atoms with Gasteiger partial charge in [-0.15, -0.1) is 0 Å². The maximum atomic E-state index is 13.7. The van der Waals surface area contributed by atoms with Crippen molar-refractivity contribution in [3.05, 3.63) is 95.3 Å². The zero-order valence-electron chi connectivity index (χ0n) is 15.6. The molecule has 0 spiro atoms. The number of phenolic OH excluding ortho intramolecular Hbond substituents is 1. The Morgan fingerprint density at radius 2 is 1.66 bits per heavy atom. The summed E-state index contributed by atoms with van der Waals surface area (Å²) in [5.74, 6) is -1.09. The van der Waals surface area contributed by atoms with Crippen molar-refractivity contribution >= 4 is 12.2 Å². The first-order valence-corrected chi connectivity index (χ1v) is 9.38. The van der Waals surface area contributed by atoms with Crippen LogP contribution < -0.4 is 5.32 Å². The minimum atomic E-state index is -0.690. The maximum Gasteiger partial charge on any atom is 0.407 e. The van der Waals surface area contributed by atoms with Gasteiger partial charge in [0.25, 0.3) is 0 Å². The van der Waals surface area contributed by atoms with Crippen LogP contribution in [0.2, 0.25) is 0 Å². The van der Waals surface area contributed by atoms with Crippen LogP contribution in [0.3, 0.4) is 0 Å². The average Bonchev–Trinajstić information content (AvgIpc) is 3.06. The Hall–Kier alpha value is -3.60. The van der Waals surface area contributed by atoms with Gasteiger partial charge in [-0.2, -0.15) is 0 Å². The second kappa shape index (κ2) is 8.19. The summed E-state index contributed by atoms with van der Waals surface area (Å²) in [4.78, 5) is 12.1. The van der Waals surface area contributed by atoms with Gasteiger partial charge in [0, 0.05) is 18.0 Å². The molecule has 4 rings (SSSR count). The number of carbonyl (C=O) groups is 1. The number of rotatable bonds is 5. The normalized spacial score (nSPS) is 12.6. The lowest BCUT2D eigenvalue weighted by atomic mass is 9.98. The molecule has 29 heavy (non-hydrogen) atoms. The quantitative estimate of drug-likeness (QED) is 0.640. The Morgan fingerprint density at radius 3 is 2.34 bits per heavy atom. The summed E-state index contributed by atoms with van der Waals surface area (Å²) in [6.07, 6.45) is 2.56. The van der Waals surface area contributed by atoms with Crippen LogP contribution in [0.4, 0.5) is 9.18 Å². The molecule has 0 aliphatic heterocycles. The molecule has 1 aliphatic rings. The number of ether oxygens (including phenoxy) is 1. The average molecular weight is 389 g/mol. The molecule has 0 unspecified atom stereocenters. The fourth-order valence-electron chi connectivity index (χ4n) is 3.64. The van der Waals surface area contributed by atoms with E-state index in [1.807, 2.05) is 24.3 Å². The summed E-state index contributed by atoms with van der Waals surface area (Å²) in [5.41, 5.74) is 4.90. The highest BCUT2D eigenvalue weighted by molar-refractivity contribution is 5.79. The number of hydrogen-bond donors (Lipinski definition) is 2. The lowest BCUT2D eigenvalue weighted by molar-refractivity contribution is 0.144. The molecule has 0 heterocycles. The number of hydrogen-bond acceptors (Lipinski definition) is 3. The second-order valence-corrected chi connectivity index (χ2v) is 6.79. The summed E-state index contributed by atoms with van der Waals surface area (Å²) in [6.45, 7) is 0.427. The maximum absolute atomic E-state index is 13.7. The van der Waals surface area contributed by atoms with Crippen LogP contribution >= 0.6 is 0 Å². The van der Waals surface area contributed by atoms with Crippen LogP contribution in [0, 0.1) is 5.82 Å². The van der Waals surface area contributed by atoms with Gasteiger partial charge in [0.1, 0.15) is 6.61 Å². The van der Waals surface area contributed by atoms with Crippen molar-refractivity contribution in [2.75, 3.05) is 13.2 Å². The fourth-order valence-corrected chi connectivity index (χ4v) is 3.64. The minimum absolute atomic E-state index is 0.00471. The van der Waals surface area contributed by atoms with Crippen molar-refractivity contribution < 1.29 is 19.0 Å². The molecule has 1 aliphatic carbocycles. The van der Waals surface area contributed by atoms with E-state index in [0.717, 1.165) is 11.1 Å². The van der Waals surface area contributed by atoms with Crippen LogP contribution in [0.5, 0.6) is 5.75 Å². The minimum Gasteiger partial charge on any atom is -0.505 e. The first kappa shape index (κ1) is 18.7. The molecule has 5 heteroatoms. The van der Waals surface area contributed by atoms with Gasteiger partial charge >= 0.3 is 6.09 Å². The Bertz CT molecular complexity index is 1030. The summed E-state index contributed by atoms with van der Waals surface area (Å²) < 4.78 is 19.1. The van der Waals surface area contributed by atoms with Crippen LogP contribution in [-0.2, 0) is 4.74 Å². The second-order valence-electron chi connectivity index (χ2n) is 6.79. The zero-order chi connectivity index (χ0) is 20.2. The van der Waals surface area contributed by atoms with Crippen LogP contribution in [0.1, 0.15) is 22.6 Å². The first-order valence-electron chi connectivity index (χ1n) is 9.38. The zero-order valence-corrected chi connectivity index (χ0v) is 15.6. The van der Waals surface area contributed by atoms with Crippen molar-refractivity contribution in [3.8, 4) is 16.9 Å². The van der Waals surface area contributed by atoms with Crippen LogP contribution in [0.25, 0.3) is 17.2 Å². The summed E-state index contributed by atoms with van der Waals surface area (Å²) in [5, 5.41) is 12.0. The smallest absolute Gasteiger partial charge is 0.407 e. The van der Waals surface area contributed by atoms with Crippen LogP contribution in [0.15, 0.2) is 72.8 Å². The van der Waals surface area contributed by atoms with Gasteiger partial charge in [-0.1, -0.05) is 72.8 Å². The third-order valence-corrected chi connectivity index (χ3v) is 5.01. The Morgan fingerprint density at radius 1 is 1.00 bits per heavy atom.